The lowest BCUT2D eigenvalue weighted by molar-refractivity contribution is 0.279. The van der Waals surface area contributed by atoms with Gasteiger partial charge in [-0.1, -0.05) is 31.3 Å². The number of amidine groups is 1. The van der Waals surface area contributed by atoms with Crippen molar-refractivity contribution in [1.29, 1.82) is 0 Å². The van der Waals surface area contributed by atoms with E-state index in [4.69, 9.17) is 10.9 Å². The first-order valence-corrected chi connectivity index (χ1v) is 6.46. The van der Waals surface area contributed by atoms with Crippen molar-refractivity contribution < 1.29 is 5.21 Å². The van der Waals surface area contributed by atoms with Crippen molar-refractivity contribution >= 4 is 5.84 Å². The van der Waals surface area contributed by atoms with E-state index < -0.39 is 0 Å². The van der Waals surface area contributed by atoms with E-state index in [1.165, 1.54) is 32.1 Å². The Morgan fingerprint density at radius 2 is 2.31 bits per heavy atom. The number of nitrogens with one attached hydrogen (secondary N) is 1. The quantitative estimate of drug-likeness (QED) is 0.214. The third-order valence-electron chi connectivity index (χ3n) is 3.53. The second kappa shape index (κ2) is 7.49. The van der Waals surface area contributed by atoms with Crippen molar-refractivity contribution in [3.8, 4) is 0 Å². The summed E-state index contributed by atoms with van der Waals surface area (Å²) in [5, 5.41) is 14.9. The number of rotatable bonds is 6. The fourth-order valence-electron chi connectivity index (χ4n) is 2.47. The molecule has 1 aliphatic rings. The topological polar surface area (TPSA) is 70.6 Å². The summed E-state index contributed by atoms with van der Waals surface area (Å²) in [4.78, 5) is 0. The second-order valence-corrected chi connectivity index (χ2v) is 4.79. The standard InChI is InChI=1S/C12H25N3O/c1-2-10-5-3-6-11(9-10)14-8-4-7-12(13)15-16/h10-11,14,16H,2-9H2,1H3,(H2,13,15). The molecule has 4 heteroatoms. The highest BCUT2D eigenvalue weighted by Crippen LogP contribution is 2.26. The van der Waals surface area contributed by atoms with Gasteiger partial charge in [0.15, 0.2) is 0 Å². The van der Waals surface area contributed by atoms with Crippen LogP contribution in [0.3, 0.4) is 0 Å². The molecule has 94 valence electrons. The summed E-state index contributed by atoms with van der Waals surface area (Å²) in [5.74, 6) is 1.24. The smallest absolute Gasteiger partial charge is 0.139 e. The summed E-state index contributed by atoms with van der Waals surface area (Å²) in [5.41, 5.74) is 5.41. The molecule has 1 fully saturated rings. The van der Waals surface area contributed by atoms with Crippen molar-refractivity contribution in [2.24, 2.45) is 16.8 Å². The molecule has 0 heterocycles. The summed E-state index contributed by atoms with van der Waals surface area (Å²) < 4.78 is 0. The minimum atomic E-state index is 0.330. The zero-order chi connectivity index (χ0) is 11.8. The van der Waals surface area contributed by atoms with Crippen molar-refractivity contribution in [3.63, 3.8) is 0 Å². The van der Waals surface area contributed by atoms with Crippen LogP contribution in [0.25, 0.3) is 0 Å². The van der Waals surface area contributed by atoms with Crippen LogP contribution in [0.1, 0.15) is 51.9 Å². The molecule has 0 saturated heterocycles. The van der Waals surface area contributed by atoms with Gasteiger partial charge in [-0.2, -0.15) is 0 Å². The normalized spacial score (nSPS) is 26.9. The Morgan fingerprint density at radius 3 is 3.00 bits per heavy atom. The minimum absolute atomic E-state index is 0.330. The van der Waals surface area contributed by atoms with Crippen molar-refractivity contribution in [3.05, 3.63) is 0 Å². The van der Waals surface area contributed by atoms with Gasteiger partial charge in [0.2, 0.25) is 0 Å². The predicted molar refractivity (Wildman–Crippen MR) is 66.7 cm³/mol. The minimum Gasteiger partial charge on any atom is -0.409 e. The lowest BCUT2D eigenvalue weighted by Crippen LogP contribution is -2.35. The van der Waals surface area contributed by atoms with E-state index in [0.29, 0.717) is 18.3 Å². The molecule has 0 aromatic heterocycles. The van der Waals surface area contributed by atoms with Crippen LogP contribution in [-0.2, 0) is 0 Å². The zero-order valence-electron chi connectivity index (χ0n) is 10.3. The second-order valence-electron chi connectivity index (χ2n) is 4.79. The first kappa shape index (κ1) is 13.3. The molecule has 2 atom stereocenters. The maximum atomic E-state index is 8.39. The Labute approximate surface area is 98.3 Å². The highest BCUT2D eigenvalue weighted by molar-refractivity contribution is 5.79. The molecule has 0 radical (unpaired) electrons. The lowest BCUT2D eigenvalue weighted by Gasteiger charge is -2.29. The first-order chi connectivity index (χ1) is 7.76. The van der Waals surface area contributed by atoms with Gasteiger partial charge in [0.25, 0.3) is 0 Å². The van der Waals surface area contributed by atoms with Gasteiger partial charge in [-0.15, -0.1) is 0 Å². The van der Waals surface area contributed by atoms with E-state index in [1.54, 1.807) is 0 Å². The molecule has 4 nitrogen and oxygen atoms in total. The number of nitrogens with zero attached hydrogens (tertiary/aromatic N) is 1. The van der Waals surface area contributed by atoms with Crippen molar-refractivity contribution in [2.75, 3.05) is 6.54 Å². The fraction of sp³-hybridized carbons (Fsp3) is 0.917. The largest absolute Gasteiger partial charge is 0.409 e. The molecule has 1 rings (SSSR count). The maximum absolute atomic E-state index is 8.39. The number of nitrogens with two attached hydrogens (primary N) is 1. The molecule has 1 aliphatic carbocycles. The van der Waals surface area contributed by atoms with Gasteiger partial charge < -0.3 is 16.3 Å². The molecule has 0 spiro atoms. The van der Waals surface area contributed by atoms with Gasteiger partial charge in [0.1, 0.15) is 5.84 Å². The van der Waals surface area contributed by atoms with Crippen molar-refractivity contribution in [1.82, 2.24) is 5.32 Å². The summed E-state index contributed by atoms with van der Waals surface area (Å²) in [6.07, 6.45) is 8.31. The van der Waals surface area contributed by atoms with Gasteiger partial charge in [-0.05, 0) is 31.7 Å². The van der Waals surface area contributed by atoms with Crippen LogP contribution in [0, 0.1) is 5.92 Å². The van der Waals surface area contributed by atoms with E-state index >= 15 is 0 Å². The van der Waals surface area contributed by atoms with Gasteiger partial charge in [-0.3, -0.25) is 0 Å². The highest BCUT2D eigenvalue weighted by atomic mass is 16.4. The monoisotopic (exact) mass is 227 g/mol. The average molecular weight is 227 g/mol. The van der Waals surface area contributed by atoms with E-state index in [0.717, 1.165) is 18.9 Å². The number of oxime groups is 1. The molecule has 0 amide bonds. The third kappa shape index (κ3) is 4.84. The average Bonchev–Trinajstić information content (AvgIpc) is 2.34. The Kier molecular flexibility index (Phi) is 6.23. The van der Waals surface area contributed by atoms with Gasteiger partial charge in [-0.25, -0.2) is 0 Å². The molecule has 2 unspecified atom stereocenters. The van der Waals surface area contributed by atoms with E-state index in [2.05, 4.69) is 17.4 Å². The lowest BCUT2D eigenvalue weighted by atomic mass is 9.84. The highest BCUT2D eigenvalue weighted by Gasteiger charge is 2.19. The third-order valence-corrected chi connectivity index (χ3v) is 3.53. The molecule has 0 aromatic carbocycles. The Balaban J connectivity index is 2.08. The Hall–Kier alpha value is -0.770. The van der Waals surface area contributed by atoms with E-state index in [-0.39, 0.29) is 0 Å². The van der Waals surface area contributed by atoms with E-state index in [1.807, 2.05) is 0 Å². The van der Waals surface area contributed by atoms with Crippen LogP contribution in [-0.4, -0.2) is 23.6 Å². The SMILES string of the molecule is CCC1CCCC(NCCCC(N)=NO)C1. The number of hydrogen-bond acceptors (Lipinski definition) is 3. The van der Waals surface area contributed by atoms with Crippen molar-refractivity contribution in [2.45, 2.75) is 57.9 Å². The number of hydrogen-bond donors (Lipinski definition) is 3. The molecule has 1 saturated carbocycles. The summed E-state index contributed by atoms with van der Waals surface area (Å²) in [6.45, 7) is 3.25. The molecule has 0 aliphatic heterocycles. The van der Waals surface area contributed by atoms with Gasteiger partial charge in [0, 0.05) is 12.5 Å². The maximum Gasteiger partial charge on any atom is 0.139 e. The van der Waals surface area contributed by atoms with Crippen LogP contribution >= 0.6 is 0 Å². The van der Waals surface area contributed by atoms with Crippen LogP contribution in [0.15, 0.2) is 5.16 Å². The van der Waals surface area contributed by atoms with E-state index in [9.17, 15) is 0 Å². The first-order valence-electron chi connectivity index (χ1n) is 6.46. The summed E-state index contributed by atoms with van der Waals surface area (Å²) in [6, 6.07) is 0.686. The molecular formula is C12H25N3O. The molecule has 0 aromatic rings. The molecule has 0 bridgehead atoms. The van der Waals surface area contributed by atoms with Gasteiger partial charge >= 0.3 is 0 Å². The molecule has 4 N–H and O–H groups in total. The molecule has 16 heavy (non-hydrogen) atoms. The van der Waals surface area contributed by atoms with Crippen LogP contribution in [0.5, 0.6) is 0 Å². The Morgan fingerprint density at radius 1 is 1.50 bits per heavy atom. The van der Waals surface area contributed by atoms with Crippen LogP contribution < -0.4 is 11.1 Å². The zero-order valence-corrected chi connectivity index (χ0v) is 10.3. The van der Waals surface area contributed by atoms with Crippen LogP contribution in [0.2, 0.25) is 0 Å². The predicted octanol–water partition coefficient (Wildman–Crippen LogP) is 2.07. The molecular weight excluding hydrogens is 202 g/mol. The van der Waals surface area contributed by atoms with Crippen LogP contribution in [0.4, 0.5) is 0 Å². The summed E-state index contributed by atoms with van der Waals surface area (Å²) in [7, 11) is 0. The summed E-state index contributed by atoms with van der Waals surface area (Å²) >= 11 is 0. The fourth-order valence-corrected chi connectivity index (χ4v) is 2.47. The van der Waals surface area contributed by atoms with Gasteiger partial charge in [0.05, 0.1) is 0 Å². The Bertz CT molecular complexity index is 218.